The van der Waals surface area contributed by atoms with Gasteiger partial charge in [0.2, 0.25) is 0 Å². The number of alkyl carbamates (subject to hydrolysis) is 1. The molecular weight excluding hydrogens is 318 g/mol. The first kappa shape index (κ1) is 19.5. The van der Waals surface area contributed by atoms with E-state index in [1.165, 1.54) is 0 Å². The van der Waals surface area contributed by atoms with Crippen molar-refractivity contribution in [2.75, 3.05) is 20.8 Å². The summed E-state index contributed by atoms with van der Waals surface area (Å²) < 4.78 is 14.4. The maximum Gasteiger partial charge on any atom is 0.407 e. The Hall–Kier alpha value is -1.50. The summed E-state index contributed by atoms with van der Waals surface area (Å²) in [5.74, 6) is -3.85. The molecule has 1 heterocycles. The summed E-state index contributed by atoms with van der Waals surface area (Å²) in [6, 6.07) is -1.30. The molecule has 11 nitrogen and oxygen atoms in total. The lowest BCUT2D eigenvalue weighted by molar-refractivity contribution is -0.303. The van der Waals surface area contributed by atoms with E-state index in [-0.39, 0.29) is 0 Å². The van der Waals surface area contributed by atoms with Crippen LogP contribution < -0.4 is 5.32 Å². The van der Waals surface area contributed by atoms with Crippen LogP contribution in [0.15, 0.2) is 0 Å². The molecule has 1 saturated heterocycles. The molecular formula is C12H21NO10. The lowest BCUT2D eigenvalue weighted by atomic mass is 9.88. The molecule has 1 rings (SSSR count). The van der Waals surface area contributed by atoms with Gasteiger partial charge in [-0.3, -0.25) is 0 Å². The number of carboxylic acids is 1. The molecule has 1 fully saturated rings. The van der Waals surface area contributed by atoms with Gasteiger partial charge in [-0.05, 0) is 0 Å². The molecule has 134 valence electrons. The van der Waals surface area contributed by atoms with Crippen LogP contribution in [0.3, 0.4) is 0 Å². The molecule has 0 aromatic heterocycles. The molecule has 0 bridgehead atoms. The van der Waals surface area contributed by atoms with Crippen molar-refractivity contribution in [3.8, 4) is 0 Å². The lowest BCUT2D eigenvalue weighted by Gasteiger charge is -2.45. The van der Waals surface area contributed by atoms with Gasteiger partial charge < -0.3 is 45.1 Å². The number of ether oxygens (including phenoxy) is 3. The number of carbonyl (C=O) groups is 2. The van der Waals surface area contributed by atoms with Crippen LogP contribution in [-0.2, 0) is 19.0 Å². The molecule has 0 aromatic carbocycles. The summed E-state index contributed by atoms with van der Waals surface area (Å²) in [5.41, 5.74) is 0. The molecule has 11 heteroatoms. The Labute approximate surface area is 131 Å². The molecule has 6 N–H and O–H groups in total. The van der Waals surface area contributed by atoms with E-state index in [4.69, 9.17) is 14.6 Å². The fourth-order valence-corrected chi connectivity index (χ4v) is 2.30. The maximum atomic E-state index is 11.4. The molecule has 0 unspecified atom stereocenters. The number of carbonyl (C=O) groups excluding carboxylic acids is 1. The normalized spacial score (nSPS) is 33.6. The Balaban J connectivity index is 3.14. The third-order valence-corrected chi connectivity index (χ3v) is 3.62. The molecule has 1 amide bonds. The Morgan fingerprint density at radius 1 is 1.39 bits per heavy atom. The third-order valence-electron chi connectivity index (χ3n) is 3.62. The van der Waals surface area contributed by atoms with Crippen molar-refractivity contribution in [3.63, 3.8) is 0 Å². The molecule has 0 saturated carbocycles. The largest absolute Gasteiger partial charge is 0.477 e. The maximum absolute atomic E-state index is 11.4. The first-order chi connectivity index (χ1) is 10.7. The van der Waals surface area contributed by atoms with Crippen molar-refractivity contribution in [2.24, 2.45) is 0 Å². The highest BCUT2D eigenvalue weighted by molar-refractivity contribution is 5.76. The minimum Gasteiger partial charge on any atom is -0.477 e. The Morgan fingerprint density at radius 3 is 2.43 bits per heavy atom. The zero-order chi connectivity index (χ0) is 17.8. The number of hydrogen-bond donors (Lipinski definition) is 6. The Kier molecular flexibility index (Phi) is 6.68. The van der Waals surface area contributed by atoms with Crippen molar-refractivity contribution >= 4 is 12.1 Å². The summed E-state index contributed by atoms with van der Waals surface area (Å²) in [6.07, 6.45) is -8.11. The van der Waals surface area contributed by atoms with Crippen LogP contribution in [0.5, 0.6) is 0 Å². The summed E-state index contributed by atoms with van der Waals surface area (Å²) in [5, 5.41) is 50.1. The molecule has 0 aliphatic carbocycles. The number of carboxylic acid groups (broad SMARTS) is 1. The van der Waals surface area contributed by atoms with Crippen LogP contribution in [0.2, 0.25) is 0 Å². The van der Waals surface area contributed by atoms with Crippen molar-refractivity contribution in [3.05, 3.63) is 0 Å². The van der Waals surface area contributed by atoms with Gasteiger partial charge in [-0.15, -0.1) is 0 Å². The van der Waals surface area contributed by atoms with Crippen molar-refractivity contribution in [1.82, 2.24) is 5.32 Å². The second-order valence-corrected chi connectivity index (χ2v) is 5.02. The molecule has 1 aliphatic rings. The second-order valence-electron chi connectivity index (χ2n) is 5.02. The van der Waals surface area contributed by atoms with Gasteiger partial charge in [0.05, 0.1) is 25.9 Å². The quantitative estimate of drug-likeness (QED) is 0.292. The van der Waals surface area contributed by atoms with Gasteiger partial charge >= 0.3 is 12.1 Å². The van der Waals surface area contributed by atoms with E-state index < -0.39 is 61.3 Å². The average molecular weight is 339 g/mol. The zero-order valence-electron chi connectivity index (χ0n) is 12.6. The fraction of sp³-hybridized carbons (Fsp3) is 0.833. The lowest BCUT2D eigenvalue weighted by Crippen LogP contribution is -2.67. The zero-order valence-corrected chi connectivity index (χ0v) is 12.6. The number of amides is 1. The van der Waals surface area contributed by atoms with Crippen LogP contribution in [0.25, 0.3) is 0 Å². The average Bonchev–Trinajstić information content (AvgIpc) is 2.54. The van der Waals surface area contributed by atoms with Gasteiger partial charge in [-0.2, -0.15) is 0 Å². The van der Waals surface area contributed by atoms with Gasteiger partial charge in [0.25, 0.3) is 5.79 Å². The highest BCUT2D eigenvalue weighted by Crippen LogP contribution is 2.32. The summed E-state index contributed by atoms with van der Waals surface area (Å²) >= 11 is 0. The number of methoxy groups -OCH3 is 2. The molecule has 1 aliphatic heterocycles. The van der Waals surface area contributed by atoms with E-state index in [1.807, 2.05) is 0 Å². The molecule has 0 aromatic rings. The van der Waals surface area contributed by atoms with Gasteiger partial charge in [-0.1, -0.05) is 0 Å². The number of aliphatic carboxylic acids is 1. The SMILES string of the molecule is COC(=O)N[C@H]1[C@H]([C@H](O)[C@H](O)CO)O[C@](OC)(C(=O)O)C[C@@H]1O. The number of aliphatic hydroxyl groups is 4. The van der Waals surface area contributed by atoms with Gasteiger partial charge in [-0.25, -0.2) is 9.59 Å². The van der Waals surface area contributed by atoms with Crippen LogP contribution in [0.1, 0.15) is 6.42 Å². The summed E-state index contributed by atoms with van der Waals surface area (Å²) in [7, 11) is 2.09. The van der Waals surface area contributed by atoms with Crippen molar-refractivity contribution < 1.29 is 49.3 Å². The summed E-state index contributed by atoms with van der Waals surface area (Å²) in [4.78, 5) is 22.7. The van der Waals surface area contributed by atoms with Gasteiger partial charge in [0, 0.05) is 13.5 Å². The van der Waals surface area contributed by atoms with Crippen LogP contribution in [-0.4, -0.2) is 94.7 Å². The van der Waals surface area contributed by atoms with E-state index in [0.29, 0.717) is 0 Å². The summed E-state index contributed by atoms with van der Waals surface area (Å²) in [6.45, 7) is -0.852. The van der Waals surface area contributed by atoms with Crippen LogP contribution in [0, 0.1) is 0 Å². The van der Waals surface area contributed by atoms with E-state index >= 15 is 0 Å². The fourth-order valence-electron chi connectivity index (χ4n) is 2.30. The topological polar surface area (TPSA) is 175 Å². The van der Waals surface area contributed by atoms with E-state index in [0.717, 1.165) is 14.2 Å². The van der Waals surface area contributed by atoms with Gasteiger partial charge in [0.15, 0.2) is 0 Å². The second kappa shape index (κ2) is 7.86. The Bertz CT molecular complexity index is 432. The highest BCUT2D eigenvalue weighted by Gasteiger charge is 2.55. The predicted molar refractivity (Wildman–Crippen MR) is 71.3 cm³/mol. The number of nitrogens with one attached hydrogen (secondary N) is 1. The molecule has 0 radical (unpaired) electrons. The van der Waals surface area contributed by atoms with Gasteiger partial charge in [0.1, 0.15) is 18.3 Å². The monoisotopic (exact) mass is 339 g/mol. The standard InChI is InChI=1S/C12H21NO10/c1-21-11(20)13-7-5(15)3-12(22-2,10(18)19)23-9(7)8(17)6(16)4-14/h5-9,14-17H,3-4H2,1-2H3,(H,13,20)(H,18,19)/t5-,6+,7+,8+,9+,12-/m0/s1. The number of aliphatic hydroxyl groups excluding tert-OH is 4. The van der Waals surface area contributed by atoms with E-state index in [9.17, 15) is 30.0 Å². The van der Waals surface area contributed by atoms with Crippen LogP contribution >= 0.6 is 0 Å². The first-order valence-electron chi connectivity index (χ1n) is 6.68. The number of rotatable bonds is 6. The first-order valence-corrected chi connectivity index (χ1v) is 6.68. The van der Waals surface area contributed by atoms with E-state index in [2.05, 4.69) is 10.1 Å². The highest BCUT2D eigenvalue weighted by atomic mass is 16.7. The molecule has 23 heavy (non-hydrogen) atoms. The van der Waals surface area contributed by atoms with Crippen molar-refractivity contribution in [2.45, 2.75) is 42.7 Å². The molecule has 6 atom stereocenters. The minimum atomic E-state index is -2.28. The minimum absolute atomic E-state index is 0.550. The predicted octanol–water partition coefficient (Wildman–Crippen LogP) is -3.00. The number of hydrogen-bond acceptors (Lipinski definition) is 9. The van der Waals surface area contributed by atoms with Crippen LogP contribution in [0.4, 0.5) is 4.79 Å². The smallest absolute Gasteiger partial charge is 0.407 e. The van der Waals surface area contributed by atoms with E-state index in [1.54, 1.807) is 0 Å². The Morgan fingerprint density at radius 2 is 2.00 bits per heavy atom. The van der Waals surface area contributed by atoms with Crippen molar-refractivity contribution in [1.29, 1.82) is 0 Å². The third kappa shape index (κ3) is 4.07. The molecule has 0 spiro atoms.